The molecule has 1 N–H and O–H groups in total. The van der Waals surface area contributed by atoms with Gasteiger partial charge >= 0.3 is 10.8 Å². The van der Waals surface area contributed by atoms with Crippen molar-refractivity contribution in [2.45, 2.75) is 10.9 Å². The molecule has 2 unspecified atom stereocenters. The van der Waals surface area contributed by atoms with Crippen molar-refractivity contribution in [1.29, 1.82) is 0 Å². The molecule has 3 rings (SSSR count). The van der Waals surface area contributed by atoms with E-state index in [1.807, 2.05) is 12.1 Å². The first-order chi connectivity index (χ1) is 10.1. The lowest BCUT2D eigenvalue weighted by Gasteiger charge is -2.29. The number of fused-ring (bicyclic) bond motifs is 1. The van der Waals surface area contributed by atoms with Crippen LogP contribution in [0, 0.1) is 5.92 Å². The predicted molar refractivity (Wildman–Crippen MR) is 84.5 cm³/mol. The van der Waals surface area contributed by atoms with Gasteiger partial charge in [-0.15, -0.1) is 11.8 Å². The van der Waals surface area contributed by atoms with E-state index in [2.05, 4.69) is 4.98 Å². The zero-order chi connectivity index (χ0) is 15.0. The standard InChI is InChI=1S/C14H12ClNO3S2/c1-19-13(17)9-6-20-12-11(21-14(18)16-12)10(9)7-2-4-8(15)5-3-7/h2-5,9-10H,6H2,1H3,(H,16,18). The highest BCUT2D eigenvalue weighted by molar-refractivity contribution is 7.99. The number of rotatable bonds is 2. The van der Waals surface area contributed by atoms with Gasteiger partial charge in [-0.3, -0.25) is 9.59 Å². The van der Waals surface area contributed by atoms with Crippen LogP contribution in [0.4, 0.5) is 0 Å². The fourth-order valence-electron chi connectivity index (χ4n) is 2.50. The number of benzene rings is 1. The van der Waals surface area contributed by atoms with Gasteiger partial charge in [-0.25, -0.2) is 0 Å². The Kier molecular flexibility index (Phi) is 4.10. The molecule has 7 heteroatoms. The Morgan fingerprint density at radius 3 is 2.76 bits per heavy atom. The Morgan fingerprint density at radius 1 is 1.38 bits per heavy atom. The van der Waals surface area contributed by atoms with Crippen LogP contribution >= 0.6 is 34.7 Å². The quantitative estimate of drug-likeness (QED) is 0.853. The minimum atomic E-state index is -0.305. The number of nitrogens with one attached hydrogen (secondary N) is 1. The number of esters is 1. The number of thiazole rings is 1. The fourth-order valence-corrected chi connectivity index (χ4v) is 5.02. The molecule has 1 aromatic carbocycles. The first kappa shape index (κ1) is 14.7. The van der Waals surface area contributed by atoms with Gasteiger partial charge in [0.15, 0.2) is 0 Å². The molecule has 2 atom stereocenters. The van der Waals surface area contributed by atoms with Gasteiger partial charge in [-0.05, 0) is 17.7 Å². The van der Waals surface area contributed by atoms with E-state index in [4.69, 9.17) is 16.3 Å². The number of aromatic nitrogens is 1. The minimum absolute atomic E-state index is 0.100. The maximum atomic E-state index is 12.1. The lowest BCUT2D eigenvalue weighted by atomic mass is 9.86. The SMILES string of the molecule is COC(=O)C1CSc2[nH]c(=O)sc2C1c1ccc(Cl)cc1. The number of aromatic amines is 1. The molecule has 4 nitrogen and oxygen atoms in total. The molecule has 0 amide bonds. The Labute approximate surface area is 134 Å². The van der Waals surface area contributed by atoms with Crippen LogP contribution in [0.5, 0.6) is 0 Å². The second-order valence-corrected chi connectivity index (χ2v) is 7.16. The number of ether oxygens (including phenoxy) is 1. The molecule has 110 valence electrons. The molecule has 0 aliphatic carbocycles. The second-order valence-electron chi connectivity index (χ2n) is 4.68. The van der Waals surface area contributed by atoms with Gasteiger partial charge in [0.1, 0.15) is 0 Å². The molecule has 0 spiro atoms. The van der Waals surface area contributed by atoms with Gasteiger partial charge in [0.25, 0.3) is 0 Å². The van der Waals surface area contributed by atoms with Crippen molar-refractivity contribution in [2.24, 2.45) is 5.92 Å². The van der Waals surface area contributed by atoms with E-state index in [0.29, 0.717) is 10.8 Å². The molecular formula is C14H12ClNO3S2. The van der Waals surface area contributed by atoms with Crippen molar-refractivity contribution in [3.63, 3.8) is 0 Å². The van der Waals surface area contributed by atoms with Crippen LogP contribution < -0.4 is 4.87 Å². The summed E-state index contributed by atoms with van der Waals surface area (Å²) in [6, 6.07) is 7.38. The number of thioether (sulfide) groups is 1. The highest BCUT2D eigenvalue weighted by atomic mass is 35.5. The van der Waals surface area contributed by atoms with Crippen molar-refractivity contribution >= 4 is 40.7 Å². The summed E-state index contributed by atoms with van der Waals surface area (Å²) >= 11 is 8.58. The predicted octanol–water partition coefficient (Wildman–Crippen LogP) is 3.12. The molecule has 0 saturated carbocycles. The summed E-state index contributed by atoms with van der Waals surface area (Å²) in [7, 11) is 1.39. The smallest absolute Gasteiger partial charge is 0.310 e. The second kappa shape index (κ2) is 5.87. The van der Waals surface area contributed by atoms with E-state index in [9.17, 15) is 9.59 Å². The Morgan fingerprint density at radius 2 is 2.10 bits per heavy atom. The number of methoxy groups -OCH3 is 1. The number of carbonyl (C=O) groups excluding carboxylic acids is 1. The highest BCUT2D eigenvalue weighted by Crippen LogP contribution is 2.45. The van der Waals surface area contributed by atoms with Gasteiger partial charge < -0.3 is 9.72 Å². The summed E-state index contributed by atoms with van der Waals surface area (Å²) in [5, 5.41) is 1.49. The highest BCUT2D eigenvalue weighted by Gasteiger charge is 2.38. The first-order valence-corrected chi connectivity index (χ1v) is 8.47. The topological polar surface area (TPSA) is 59.2 Å². The van der Waals surface area contributed by atoms with Gasteiger partial charge in [0.2, 0.25) is 0 Å². The zero-order valence-corrected chi connectivity index (χ0v) is 13.5. The van der Waals surface area contributed by atoms with Crippen molar-refractivity contribution in [1.82, 2.24) is 4.98 Å². The summed E-state index contributed by atoms with van der Waals surface area (Å²) in [5.41, 5.74) is 0.964. The molecule has 0 radical (unpaired) electrons. The maximum absolute atomic E-state index is 12.1. The zero-order valence-electron chi connectivity index (χ0n) is 11.1. The maximum Gasteiger partial charge on any atom is 0.310 e. The van der Waals surface area contributed by atoms with Gasteiger partial charge in [0, 0.05) is 21.6 Å². The molecule has 0 saturated heterocycles. The van der Waals surface area contributed by atoms with E-state index >= 15 is 0 Å². The van der Waals surface area contributed by atoms with E-state index in [1.165, 1.54) is 18.9 Å². The van der Waals surface area contributed by atoms with E-state index in [-0.39, 0.29) is 22.7 Å². The largest absolute Gasteiger partial charge is 0.469 e. The van der Waals surface area contributed by atoms with Crippen LogP contribution in [0.15, 0.2) is 34.1 Å². The van der Waals surface area contributed by atoms with Crippen molar-refractivity contribution < 1.29 is 9.53 Å². The summed E-state index contributed by atoms with van der Waals surface area (Å²) in [6.07, 6.45) is 0. The molecule has 1 aliphatic heterocycles. The molecular weight excluding hydrogens is 330 g/mol. The van der Waals surface area contributed by atoms with Crippen LogP contribution in [0.25, 0.3) is 0 Å². The van der Waals surface area contributed by atoms with E-state index in [0.717, 1.165) is 26.8 Å². The van der Waals surface area contributed by atoms with Crippen LogP contribution in [-0.2, 0) is 9.53 Å². The first-order valence-electron chi connectivity index (χ1n) is 6.29. The van der Waals surface area contributed by atoms with Crippen LogP contribution in [0.1, 0.15) is 16.4 Å². The number of carbonyl (C=O) groups is 1. The molecule has 2 heterocycles. The number of halogens is 1. The normalized spacial score (nSPS) is 20.9. The number of hydrogen-bond acceptors (Lipinski definition) is 5. The monoisotopic (exact) mass is 341 g/mol. The minimum Gasteiger partial charge on any atom is -0.469 e. The van der Waals surface area contributed by atoms with E-state index < -0.39 is 0 Å². The molecule has 1 aromatic heterocycles. The fraction of sp³-hybridized carbons (Fsp3) is 0.286. The number of H-pyrrole nitrogens is 1. The summed E-state index contributed by atoms with van der Waals surface area (Å²) in [4.78, 5) is 27.4. The third kappa shape index (κ3) is 2.75. The van der Waals surface area contributed by atoms with Crippen LogP contribution in [0.3, 0.4) is 0 Å². The van der Waals surface area contributed by atoms with Crippen LogP contribution in [-0.4, -0.2) is 23.8 Å². The third-order valence-corrected chi connectivity index (χ3v) is 5.95. The van der Waals surface area contributed by atoms with Crippen molar-refractivity contribution in [3.05, 3.63) is 49.4 Å². The van der Waals surface area contributed by atoms with Gasteiger partial charge in [-0.1, -0.05) is 35.1 Å². The van der Waals surface area contributed by atoms with Gasteiger partial charge in [0.05, 0.1) is 18.1 Å². The molecule has 21 heavy (non-hydrogen) atoms. The number of hydrogen-bond donors (Lipinski definition) is 1. The summed E-state index contributed by atoms with van der Waals surface area (Å²) in [5.74, 6) is -0.149. The molecule has 1 aliphatic rings. The Hall–Kier alpha value is -1.24. The van der Waals surface area contributed by atoms with Crippen LogP contribution in [0.2, 0.25) is 5.02 Å². The Balaban J connectivity index is 2.11. The van der Waals surface area contributed by atoms with Gasteiger partial charge in [-0.2, -0.15) is 0 Å². The lowest BCUT2D eigenvalue weighted by Crippen LogP contribution is -2.29. The average molecular weight is 342 g/mol. The molecule has 0 fully saturated rings. The average Bonchev–Trinajstić information content (AvgIpc) is 2.86. The van der Waals surface area contributed by atoms with E-state index in [1.54, 1.807) is 12.1 Å². The summed E-state index contributed by atoms with van der Waals surface area (Å²) < 4.78 is 4.92. The summed E-state index contributed by atoms with van der Waals surface area (Å²) in [6.45, 7) is 0. The van der Waals surface area contributed by atoms with Crippen molar-refractivity contribution in [2.75, 3.05) is 12.9 Å². The lowest BCUT2D eigenvalue weighted by molar-refractivity contribution is -0.145. The third-order valence-electron chi connectivity index (χ3n) is 3.47. The van der Waals surface area contributed by atoms with Crippen molar-refractivity contribution in [3.8, 4) is 0 Å². The molecule has 0 bridgehead atoms. The Bertz CT molecular complexity index is 723. The molecule has 2 aromatic rings.